The summed E-state index contributed by atoms with van der Waals surface area (Å²) in [6.45, 7) is 10.1. The Morgan fingerprint density at radius 2 is 1.66 bits per heavy atom. The second kappa shape index (κ2) is 10.2. The first-order valence-corrected chi connectivity index (χ1v) is 11.1. The molecule has 0 fully saturated rings. The molecule has 0 aromatic heterocycles. The molecule has 2 aromatic rings. The van der Waals surface area contributed by atoms with Crippen LogP contribution in [0.2, 0.25) is 5.02 Å². The molecule has 0 radical (unpaired) electrons. The molecular formula is C25H29ClN2O4. The molecule has 0 unspecified atom stereocenters. The van der Waals surface area contributed by atoms with Gasteiger partial charge in [-0.3, -0.25) is 14.5 Å². The van der Waals surface area contributed by atoms with E-state index >= 15 is 0 Å². The molecule has 0 saturated heterocycles. The molecule has 0 aliphatic carbocycles. The molecule has 2 amide bonds. The molecular weight excluding hydrogens is 428 g/mol. The largest absolute Gasteiger partial charge is 0.491 e. The Morgan fingerprint density at radius 1 is 0.969 bits per heavy atom. The third-order valence-electron chi connectivity index (χ3n) is 4.89. The molecule has 1 aliphatic heterocycles. The van der Waals surface area contributed by atoms with Crippen molar-refractivity contribution in [2.75, 3.05) is 18.5 Å². The molecule has 32 heavy (non-hydrogen) atoms. The van der Waals surface area contributed by atoms with Gasteiger partial charge >= 0.3 is 0 Å². The van der Waals surface area contributed by atoms with Crippen LogP contribution in [-0.4, -0.2) is 42.1 Å². The number of ether oxygens (including phenoxy) is 2. The van der Waals surface area contributed by atoms with Crippen molar-refractivity contribution in [3.8, 4) is 5.75 Å². The Bertz CT molecular complexity index is 1030. The number of carbonyl (C=O) groups is 2. The Hall–Kier alpha value is -2.83. The number of halogens is 1. The zero-order valence-electron chi connectivity index (χ0n) is 19.1. The van der Waals surface area contributed by atoms with E-state index in [1.165, 1.54) is 4.90 Å². The van der Waals surface area contributed by atoms with Crippen molar-refractivity contribution in [3.63, 3.8) is 0 Å². The van der Waals surface area contributed by atoms with Gasteiger partial charge in [-0.15, -0.1) is 0 Å². The van der Waals surface area contributed by atoms with Gasteiger partial charge in [0, 0.05) is 10.7 Å². The van der Waals surface area contributed by atoms with Crippen molar-refractivity contribution >= 4 is 34.7 Å². The minimum Gasteiger partial charge on any atom is -0.491 e. The summed E-state index contributed by atoms with van der Waals surface area (Å²) < 4.78 is 11.3. The average Bonchev–Trinajstić information content (AvgIpc) is 2.95. The summed E-state index contributed by atoms with van der Waals surface area (Å²) in [5, 5.41) is 3.70. The van der Waals surface area contributed by atoms with Crippen molar-refractivity contribution in [2.24, 2.45) is 0 Å². The van der Waals surface area contributed by atoms with Gasteiger partial charge in [0.2, 0.25) is 0 Å². The Labute approximate surface area is 194 Å². The third-order valence-corrected chi connectivity index (χ3v) is 5.30. The lowest BCUT2D eigenvalue weighted by molar-refractivity contribution is -0.137. The van der Waals surface area contributed by atoms with Gasteiger partial charge in [-0.05, 0) is 70.0 Å². The molecule has 0 bridgehead atoms. The highest BCUT2D eigenvalue weighted by atomic mass is 35.5. The lowest BCUT2D eigenvalue weighted by atomic mass is 10.0. The minimum atomic E-state index is -0.392. The first-order chi connectivity index (χ1) is 15.2. The van der Waals surface area contributed by atoms with Crippen LogP contribution in [0.15, 0.2) is 48.2 Å². The van der Waals surface area contributed by atoms with Crippen molar-refractivity contribution in [1.29, 1.82) is 0 Å². The van der Waals surface area contributed by atoms with E-state index in [4.69, 9.17) is 21.1 Å². The standard InChI is InChI=1S/C25H29ClN2O4/c1-15(2)31-13-12-28-24(29)22(18-7-10-20(11-8-18)32-16(3)4)23(25(28)30)27-19-9-6-17(5)21(26)14-19/h6-11,14-16,27H,12-13H2,1-5H3. The maximum Gasteiger partial charge on any atom is 0.278 e. The molecule has 0 atom stereocenters. The maximum absolute atomic E-state index is 13.3. The van der Waals surface area contributed by atoms with Crippen LogP contribution in [0.1, 0.15) is 38.8 Å². The quantitative estimate of drug-likeness (QED) is 0.534. The molecule has 7 heteroatoms. The molecule has 2 aromatic carbocycles. The second-order valence-corrected chi connectivity index (χ2v) is 8.62. The second-order valence-electron chi connectivity index (χ2n) is 8.21. The summed E-state index contributed by atoms with van der Waals surface area (Å²) in [4.78, 5) is 27.7. The number of nitrogens with one attached hydrogen (secondary N) is 1. The number of anilines is 1. The summed E-state index contributed by atoms with van der Waals surface area (Å²) in [5.74, 6) is -0.0553. The Balaban J connectivity index is 1.96. The van der Waals surface area contributed by atoms with Gasteiger partial charge in [0.25, 0.3) is 11.8 Å². The van der Waals surface area contributed by atoms with Crippen molar-refractivity contribution in [2.45, 2.75) is 46.8 Å². The topological polar surface area (TPSA) is 67.9 Å². The molecule has 6 nitrogen and oxygen atoms in total. The number of rotatable bonds is 9. The highest BCUT2D eigenvalue weighted by Crippen LogP contribution is 2.32. The first-order valence-electron chi connectivity index (χ1n) is 10.7. The van der Waals surface area contributed by atoms with Crippen molar-refractivity contribution < 1.29 is 19.1 Å². The van der Waals surface area contributed by atoms with Gasteiger partial charge in [0.05, 0.1) is 30.9 Å². The number of hydrogen-bond acceptors (Lipinski definition) is 5. The van der Waals surface area contributed by atoms with Gasteiger partial charge in [-0.1, -0.05) is 29.8 Å². The Kier molecular flexibility index (Phi) is 7.59. The van der Waals surface area contributed by atoms with E-state index in [0.29, 0.717) is 27.6 Å². The smallest absolute Gasteiger partial charge is 0.278 e. The number of benzene rings is 2. The van der Waals surface area contributed by atoms with E-state index < -0.39 is 5.91 Å². The molecule has 170 valence electrons. The van der Waals surface area contributed by atoms with Crippen LogP contribution in [-0.2, 0) is 14.3 Å². The van der Waals surface area contributed by atoms with E-state index in [0.717, 1.165) is 5.56 Å². The van der Waals surface area contributed by atoms with Crippen LogP contribution < -0.4 is 10.1 Å². The van der Waals surface area contributed by atoms with E-state index in [-0.39, 0.29) is 37.0 Å². The fraction of sp³-hybridized carbons (Fsp3) is 0.360. The van der Waals surface area contributed by atoms with Crippen LogP contribution in [0.4, 0.5) is 5.69 Å². The average molecular weight is 457 g/mol. The van der Waals surface area contributed by atoms with Crippen LogP contribution in [0.25, 0.3) is 5.57 Å². The molecule has 1 heterocycles. The maximum atomic E-state index is 13.3. The number of nitrogens with zero attached hydrogens (tertiary/aromatic N) is 1. The Morgan fingerprint density at radius 3 is 2.25 bits per heavy atom. The highest BCUT2D eigenvalue weighted by Gasteiger charge is 2.39. The predicted molar refractivity (Wildman–Crippen MR) is 127 cm³/mol. The molecule has 0 spiro atoms. The first kappa shape index (κ1) is 23.8. The van der Waals surface area contributed by atoms with Crippen molar-refractivity contribution in [1.82, 2.24) is 4.90 Å². The number of carbonyl (C=O) groups excluding carboxylic acids is 2. The predicted octanol–water partition coefficient (Wildman–Crippen LogP) is 5.05. The molecule has 0 saturated carbocycles. The van der Waals surface area contributed by atoms with Gasteiger partial charge in [-0.25, -0.2) is 0 Å². The molecule has 1 N–H and O–H groups in total. The fourth-order valence-electron chi connectivity index (χ4n) is 3.33. The third kappa shape index (κ3) is 5.50. The van der Waals surface area contributed by atoms with Crippen LogP contribution in [0.5, 0.6) is 5.75 Å². The number of imide groups is 1. The monoisotopic (exact) mass is 456 g/mol. The van der Waals surface area contributed by atoms with E-state index in [2.05, 4.69) is 5.32 Å². The lowest BCUT2D eigenvalue weighted by Crippen LogP contribution is -2.35. The zero-order valence-corrected chi connectivity index (χ0v) is 19.8. The van der Waals surface area contributed by atoms with Gasteiger partial charge in [-0.2, -0.15) is 0 Å². The van der Waals surface area contributed by atoms with Crippen molar-refractivity contribution in [3.05, 3.63) is 64.3 Å². The SMILES string of the molecule is Cc1ccc(NC2=C(c3ccc(OC(C)C)cc3)C(=O)N(CCOC(C)C)C2=O)cc1Cl. The zero-order chi connectivity index (χ0) is 23.4. The molecule has 3 rings (SSSR count). The van der Waals surface area contributed by atoms with Gasteiger partial charge in [0.1, 0.15) is 11.4 Å². The summed E-state index contributed by atoms with van der Waals surface area (Å²) in [6, 6.07) is 12.6. The van der Waals surface area contributed by atoms with Crippen LogP contribution in [0.3, 0.4) is 0 Å². The normalized spacial score (nSPS) is 14.2. The van der Waals surface area contributed by atoms with E-state index in [9.17, 15) is 9.59 Å². The van der Waals surface area contributed by atoms with E-state index in [1.807, 2.05) is 46.8 Å². The lowest BCUT2D eigenvalue weighted by Gasteiger charge is -2.16. The summed E-state index contributed by atoms with van der Waals surface area (Å²) >= 11 is 6.25. The minimum absolute atomic E-state index is 0.0102. The summed E-state index contributed by atoms with van der Waals surface area (Å²) in [6.07, 6.45) is 0.0470. The van der Waals surface area contributed by atoms with E-state index in [1.54, 1.807) is 30.3 Å². The molecule has 1 aliphatic rings. The van der Waals surface area contributed by atoms with Crippen LogP contribution >= 0.6 is 11.6 Å². The number of aryl methyl sites for hydroxylation is 1. The number of hydrogen-bond donors (Lipinski definition) is 1. The fourth-order valence-corrected chi connectivity index (χ4v) is 3.51. The summed E-state index contributed by atoms with van der Waals surface area (Å²) in [7, 11) is 0. The van der Waals surface area contributed by atoms with Gasteiger partial charge < -0.3 is 14.8 Å². The van der Waals surface area contributed by atoms with Crippen LogP contribution in [0, 0.1) is 6.92 Å². The number of amides is 2. The highest BCUT2D eigenvalue weighted by molar-refractivity contribution is 6.36. The van der Waals surface area contributed by atoms with Gasteiger partial charge in [0.15, 0.2) is 0 Å². The summed E-state index contributed by atoms with van der Waals surface area (Å²) in [5.41, 5.74) is 2.72.